The molecule has 1 rings (SSSR count). The van der Waals surface area contributed by atoms with Crippen LogP contribution in [0.25, 0.3) is 6.08 Å². The van der Waals surface area contributed by atoms with Crippen LogP contribution < -0.4 is 5.32 Å². The van der Waals surface area contributed by atoms with E-state index in [1.807, 2.05) is 18.2 Å². The Morgan fingerprint density at radius 3 is 2.55 bits per heavy atom. The number of rotatable bonds is 9. The Labute approximate surface area is 124 Å². The molecule has 20 heavy (non-hydrogen) atoms. The molecule has 2 nitrogen and oxygen atoms in total. The van der Waals surface area contributed by atoms with Gasteiger partial charge in [-0.1, -0.05) is 70.2 Å². The van der Waals surface area contributed by atoms with Gasteiger partial charge in [-0.3, -0.25) is 0 Å². The first kappa shape index (κ1) is 16.9. The van der Waals surface area contributed by atoms with E-state index in [9.17, 15) is 0 Å². The minimum absolute atomic E-state index is 0.176. The van der Waals surface area contributed by atoms with Gasteiger partial charge in [0.25, 0.3) is 0 Å². The molecular formula is C18H29NO. The molecule has 0 spiro atoms. The van der Waals surface area contributed by atoms with E-state index in [0.717, 1.165) is 19.7 Å². The fourth-order valence-corrected chi connectivity index (χ4v) is 1.90. The van der Waals surface area contributed by atoms with Crippen molar-refractivity contribution in [3.8, 4) is 0 Å². The summed E-state index contributed by atoms with van der Waals surface area (Å²) in [6, 6.07) is 10.3. The van der Waals surface area contributed by atoms with Crippen LogP contribution in [-0.2, 0) is 4.74 Å². The second-order valence-electron chi connectivity index (χ2n) is 6.52. The molecule has 0 heterocycles. The van der Waals surface area contributed by atoms with Gasteiger partial charge in [0, 0.05) is 12.0 Å². The Morgan fingerprint density at radius 2 is 1.90 bits per heavy atom. The van der Waals surface area contributed by atoms with Gasteiger partial charge in [0.15, 0.2) is 0 Å². The minimum atomic E-state index is 0.176. The Balaban J connectivity index is 2.17. The molecule has 0 aliphatic carbocycles. The third kappa shape index (κ3) is 8.13. The summed E-state index contributed by atoms with van der Waals surface area (Å²) in [5.41, 5.74) is 1.39. The summed E-state index contributed by atoms with van der Waals surface area (Å²) in [4.78, 5) is 0. The smallest absolute Gasteiger partial charge is 0.0650 e. The van der Waals surface area contributed by atoms with Crippen molar-refractivity contribution in [1.29, 1.82) is 0 Å². The highest BCUT2D eigenvalue weighted by molar-refractivity contribution is 5.48. The van der Waals surface area contributed by atoms with Crippen molar-refractivity contribution < 1.29 is 4.74 Å². The zero-order valence-electron chi connectivity index (χ0n) is 13.4. The van der Waals surface area contributed by atoms with Crippen molar-refractivity contribution in [2.45, 2.75) is 27.7 Å². The third-order valence-corrected chi connectivity index (χ3v) is 2.97. The van der Waals surface area contributed by atoms with Gasteiger partial charge in [-0.2, -0.15) is 0 Å². The van der Waals surface area contributed by atoms with Gasteiger partial charge < -0.3 is 10.1 Å². The molecule has 0 aliphatic heterocycles. The van der Waals surface area contributed by atoms with Crippen molar-refractivity contribution in [1.82, 2.24) is 5.32 Å². The summed E-state index contributed by atoms with van der Waals surface area (Å²) in [5, 5.41) is 3.49. The Bertz CT molecular complexity index is 382. The van der Waals surface area contributed by atoms with E-state index in [1.165, 1.54) is 5.56 Å². The Hall–Kier alpha value is -1.12. The number of ether oxygens (including phenoxy) is 1. The molecule has 112 valence electrons. The average molecular weight is 275 g/mol. The normalized spacial score (nSPS) is 12.4. The van der Waals surface area contributed by atoms with E-state index in [4.69, 9.17) is 4.74 Å². The molecule has 0 radical (unpaired) electrons. The van der Waals surface area contributed by atoms with Crippen LogP contribution in [0.15, 0.2) is 36.4 Å². The maximum atomic E-state index is 5.75. The molecule has 0 saturated heterocycles. The largest absolute Gasteiger partial charge is 0.377 e. The lowest BCUT2D eigenvalue weighted by molar-refractivity contribution is 0.0801. The van der Waals surface area contributed by atoms with Crippen molar-refractivity contribution in [2.24, 2.45) is 11.3 Å². The second-order valence-corrected chi connectivity index (χ2v) is 6.52. The fourth-order valence-electron chi connectivity index (χ4n) is 1.90. The SMILES string of the molecule is CC(C)CNCC(C)(C)COCC=Cc1ccccc1. The lowest BCUT2D eigenvalue weighted by atomic mass is 9.94. The first-order valence-electron chi connectivity index (χ1n) is 7.50. The average Bonchev–Trinajstić information content (AvgIpc) is 2.38. The van der Waals surface area contributed by atoms with Crippen molar-refractivity contribution in [2.75, 3.05) is 26.3 Å². The van der Waals surface area contributed by atoms with Crippen LogP contribution in [0, 0.1) is 11.3 Å². The van der Waals surface area contributed by atoms with Gasteiger partial charge in [0.1, 0.15) is 0 Å². The van der Waals surface area contributed by atoms with E-state index in [-0.39, 0.29) is 5.41 Å². The van der Waals surface area contributed by atoms with Crippen LogP contribution >= 0.6 is 0 Å². The van der Waals surface area contributed by atoms with Crippen molar-refractivity contribution in [3.05, 3.63) is 42.0 Å². The zero-order valence-corrected chi connectivity index (χ0v) is 13.4. The van der Waals surface area contributed by atoms with Gasteiger partial charge in [-0.25, -0.2) is 0 Å². The molecule has 1 aromatic carbocycles. The highest BCUT2D eigenvalue weighted by atomic mass is 16.5. The third-order valence-electron chi connectivity index (χ3n) is 2.97. The van der Waals surface area contributed by atoms with Crippen LogP contribution in [0.1, 0.15) is 33.3 Å². The predicted molar refractivity (Wildman–Crippen MR) is 87.8 cm³/mol. The molecule has 0 aliphatic rings. The summed E-state index contributed by atoms with van der Waals surface area (Å²) in [6.45, 7) is 12.4. The standard InChI is InChI=1S/C18H29NO/c1-16(2)13-19-14-18(3,4)15-20-12-8-11-17-9-6-5-7-10-17/h5-11,16,19H,12-15H2,1-4H3. The number of hydrogen-bond acceptors (Lipinski definition) is 2. The maximum absolute atomic E-state index is 5.75. The van der Waals surface area contributed by atoms with Gasteiger partial charge in [-0.05, 0) is 18.0 Å². The quantitative estimate of drug-likeness (QED) is 0.688. The Morgan fingerprint density at radius 1 is 1.20 bits per heavy atom. The van der Waals surface area contributed by atoms with E-state index >= 15 is 0 Å². The molecule has 0 fully saturated rings. The second kappa shape index (κ2) is 8.93. The molecule has 2 heteroatoms. The molecule has 1 N–H and O–H groups in total. The van der Waals surface area contributed by atoms with E-state index < -0.39 is 0 Å². The minimum Gasteiger partial charge on any atom is -0.377 e. The van der Waals surface area contributed by atoms with Crippen LogP contribution in [0.4, 0.5) is 0 Å². The maximum Gasteiger partial charge on any atom is 0.0650 e. The van der Waals surface area contributed by atoms with Gasteiger partial charge in [-0.15, -0.1) is 0 Å². The van der Waals surface area contributed by atoms with Crippen LogP contribution in [0.3, 0.4) is 0 Å². The lowest BCUT2D eigenvalue weighted by Gasteiger charge is -2.25. The van der Waals surface area contributed by atoms with Gasteiger partial charge in [0.2, 0.25) is 0 Å². The Kier molecular flexibility index (Phi) is 7.56. The van der Waals surface area contributed by atoms with Crippen molar-refractivity contribution >= 4 is 6.08 Å². The highest BCUT2D eigenvalue weighted by Crippen LogP contribution is 2.14. The van der Waals surface area contributed by atoms with E-state index in [1.54, 1.807) is 0 Å². The summed E-state index contributed by atoms with van der Waals surface area (Å²) >= 11 is 0. The van der Waals surface area contributed by atoms with Gasteiger partial charge in [0.05, 0.1) is 13.2 Å². The molecule has 0 bridgehead atoms. The first-order chi connectivity index (χ1) is 9.49. The highest BCUT2D eigenvalue weighted by Gasteiger charge is 2.17. The molecule has 1 aromatic rings. The van der Waals surface area contributed by atoms with Crippen LogP contribution in [0.5, 0.6) is 0 Å². The summed E-state index contributed by atoms with van der Waals surface area (Å²) in [6.07, 6.45) is 4.18. The molecule has 0 unspecified atom stereocenters. The molecule has 0 saturated carbocycles. The number of benzene rings is 1. The molecule has 0 amide bonds. The molecule has 0 aromatic heterocycles. The summed E-state index contributed by atoms with van der Waals surface area (Å²) in [7, 11) is 0. The van der Waals surface area contributed by atoms with E-state index in [0.29, 0.717) is 12.5 Å². The van der Waals surface area contributed by atoms with Crippen LogP contribution in [-0.4, -0.2) is 26.3 Å². The van der Waals surface area contributed by atoms with Crippen LogP contribution in [0.2, 0.25) is 0 Å². The summed E-state index contributed by atoms with van der Waals surface area (Å²) < 4.78 is 5.75. The zero-order chi connectivity index (χ0) is 14.8. The monoisotopic (exact) mass is 275 g/mol. The number of nitrogens with one attached hydrogen (secondary N) is 1. The van der Waals surface area contributed by atoms with E-state index in [2.05, 4.69) is 57.3 Å². The van der Waals surface area contributed by atoms with Gasteiger partial charge >= 0.3 is 0 Å². The topological polar surface area (TPSA) is 21.3 Å². The lowest BCUT2D eigenvalue weighted by Crippen LogP contribution is -2.35. The fraction of sp³-hybridized carbons (Fsp3) is 0.556. The van der Waals surface area contributed by atoms with Crippen molar-refractivity contribution in [3.63, 3.8) is 0 Å². The first-order valence-corrected chi connectivity index (χ1v) is 7.50. The number of hydrogen-bond donors (Lipinski definition) is 1. The summed E-state index contributed by atoms with van der Waals surface area (Å²) in [5.74, 6) is 0.695. The molecule has 0 atom stereocenters. The molecular weight excluding hydrogens is 246 g/mol. The predicted octanol–water partition coefficient (Wildman–Crippen LogP) is 3.99.